The lowest BCUT2D eigenvalue weighted by atomic mass is 10.1. The van der Waals surface area contributed by atoms with Crippen molar-refractivity contribution < 1.29 is 9.29 Å². The molecule has 0 amide bonds. The summed E-state index contributed by atoms with van der Waals surface area (Å²) in [6, 6.07) is 0.713. The monoisotopic (exact) mass is 215 g/mol. The van der Waals surface area contributed by atoms with Gasteiger partial charge in [0.05, 0.1) is 12.6 Å². The number of hydrogen-bond acceptors (Lipinski definition) is 1. The van der Waals surface area contributed by atoms with Crippen molar-refractivity contribution in [3.63, 3.8) is 0 Å². The van der Waals surface area contributed by atoms with Crippen LogP contribution in [-0.4, -0.2) is 38.4 Å². The van der Waals surface area contributed by atoms with Crippen LogP contribution in [0.1, 0.15) is 38.5 Å². The first-order valence-electron chi connectivity index (χ1n) is 6.55. The van der Waals surface area contributed by atoms with E-state index in [0.29, 0.717) is 6.04 Å². The number of nitrogens with one attached hydrogen (secondary N) is 2. The molecule has 0 saturated carbocycles. The molecule has 0 aromatic rings. The fraction of sp³-hybridized carbons (Fsp3) is 1.00. The lowest BCUT2D eigenvalue weighted by molar-refractivity contribution is -0.954. The molecule has 88 valence electrons. The van der Waals surface area contributed by atoms with Gasteiger partial charge in [0.2, 0.25) is 0 Å². The van der Waals surface area contributed by atoms with E-state index < -0.39 is 6.17 Å². The number of hydrogen-bond donors (Lipinski definition) is 2. The molecular formula is C12H24FN2+. The second kappa shape index (κ2) is 5.80. The highest BCUT2D eigenvalue weighted by molar-refractivity contribution is 4.75. The number of alkyl halides is 1. The van der Waals surface area contributed by atoms with Gasteiger partial charge in [-0.05, 0) is 25.9 Å². The van der Waals surface area contributed by atoms with Crippen molar-refractivity contribution in [2.45, 2.75) is 50.7 Å². The van der Waals surface area contributed by atoms with E-state index in [2.05, 4.69) is 5.32 Å². The predicted molar refractivity (Wildman–Crippen MR) is 60.0 cm³/mol. The van der Waals surface area contributed by atoms with E-state index in [1.54, 1.807) is 0 Å². The number of fused-ring (bicyclic) bond motifs is 1. The predicted octanol–water partition coefficient (Wildman–Crippen LogP) is 0.535. The first kappa shape index (κ1) is 11.3. The number of halogens is 1. The maximum Gasteiger partial charge on any atom is 0.154 e. The van der Waals surface area contributed by atoms with Crippen LogP contribution < -0.4 is 10.2 Å². The molecule has 0 aromatic heterocycles. The van der Waals surface area contributed by atoms with Crippen LogP contribution >= 0.6 is 0 Å². The molecule has 0 radical (unpaired) electrons. The molecule has 3 fully saturated rings. The van der Waals surface area contributed by atoms with Gasteiger partial charge < -0.3 is 10.2 Å². The van der Waals surface area contributed by atoms with Crippen LogP contribution in [0.4, 0.5) is 4.39 Å². The topological polar surface area (TPSA) is 16.5 Å². The molecule has 3 atom stereocenters. The first-order valence-corrected chi connectivity index (χ1v) is 6.55. The fourth-order valence-corrected chi connectivity index (χ4v) is 2.76. The fourth-order valence-electron chi connectivity index (χ4n) is 2.76. The molecular weight excluding hydrogens is 191 g/mol. The van der Waals surface area contributed by atoms with Gasteiger partial charge in [-0.25, -0.2) is 4.39 Å². The second-order valence-electron chi connectivity index (χ2n) is 5.10. The van der Waals surface area contributed by atoms with Crippen LogP contribution in [0.25, 0.3) is 0 Å². The zero-order valence-electron chi connectivity index (χ0n) is 9.60. The van der Waals surface area contributed by atoms with E-state index in [9.17, 15) is 4.39 Å². The van der Waals surface area contributed by atoms with Gasteiger partial charge in [0.25, 0.3) is 0 Å². The van der Waals surface area contributed by atoms with Crippen molar-refractivity contribution in [3.8, 4) is 0 Å². The molecule has 3 aliphatic rings. The average molecular weight is 215 g/mol. The zero-order chi connectivity index (χ0) is 10.5. The summed E-state index contributed by atoms with van der Waals surface area (Å²) in [6.07, 6.45) is 7.29. The third-order valence-corrected chi connectivity index (χ3v) is 3.87. The number of quaternary nitrogens is 1. The lowest BCUT2D eigenvalue weighted by Crippen LogP contribution is -3.20. The quantitative estimate of drug-likeness (QED) is 0.603. The van der Waals surface area contributed by atoms with Crippen molar-refractivity contribution in [1.29, 1.82) is 0 Å². The van der Waals surface area contributed by atoms with Crippen molar-refractivity contribution in [2.75, 3.05) is 26.2 Å². The molecule has 0 aliphatic carbocycles. The summed E-state index contributed by atoms with van der Waals surface area (Å²) >= 11 is 0. The Hall–Kier alpha value is -0.150. The summed E-state index contributed by atoms with van der Waals surface area (Å²) in [5.41, 5.74) is 0. The Morgan fingerprint density at radius 2 is 1.80 bits per heavy atom. The Morgan fingerprint density at radius 3 is 2.20 bits per heavy atom. The van der Waals surface area contributed by atoms with Crippen LogP contribution in [0.15, 0.2) is 0 Å². The molecule has 3 heterocycles. The largest absolute Gasteiger partial charge is 0.330 e. The van der Waals surface area contributed by atoms with Gasteiger partial charge in [-0.1, -0.05) is 12.8 Å². The van der Waals surface area contributed by atoms with Crippen LogP contribution in [0.2, 0.25) is 0 Å². The Balaban J connectivity index is 0.000000115. The molecule has 0 aromatic carbocycles. The lowest BCUT2D eigenvalue weighted by Gasteiger charge is -2.29. The highest BCUT2D eigenvalue weighted by atomic mass is 19.1. The van der Waals surface area contributed by atoms with Crippen LogP contribution in [0.3, 0.4) is 0 Å². The molecule has 0 spiro atoms. The van der Waals surface area contributed by atoms with Crippen LogP contribution in [0.5, 0.6) is 0 Å². The summed E-state index contributed by atoms with van der Waals surface area (Å²) in [6.45, 7) is 4.52. The maximum absolute atomic E-state index is 12.4. The normalized spacial score (nSPS) is 39.4. The highest BCUT2D eigenvalue weighted by Gasteiger charge is 2.42. The van der Waals surface area contributed by atoms with Gasteiger partial charge >= 0.3 is 0 Å². The average Bonchev–Trinajstić information content (AvgIpc) is 2.53. The van der Waals surface area contributed by atoms with Gasteiger partial charge in [0.1, 0.15) is 6.54 Å². The summed E-state index contributed by atoms with van der Waals surface area (Å²) in [7, 11) is 0. The third-order valence-electron chi connectivity index (χ3n) is 3.87. The summed E-state index contributed by atoms with van der Waals surface area (Å²) in [5.74, 6) is 0. The van der Waals surface area contributed by atoms with E-state index in [0.717, 1.165) is 13.0 Å². The molecule has 3 rings (SSSR count). The van der Waals surface area contributed by atoms with Crippen molar-refractivity contribution in [2.24, 2.45) is 0 Å². The Labute approximate surface area is 92.2 Å². The van der Waals surface area contributed by atoms with Gasteiger partial charge in [-0.2, -0.15) is 0 Å². The summed E-state index contributed by atoms with van der Waals surface area (Å²) < 4.78 is 12.4. The Morgan fingerprint density at radius 1 is 1.07 bits per heavy atom. The van der Waals surface area contributed by atoms with Gasteiger partial charge in [0, 0.05) is 12.8 Å². The van der Waals surface area contributed by atoms with Gasteiger partial charge in [-0.15, -0.1) is 0 Å². The minimum atomic E-state index is -0.475. The molecule has 0 bridgehead atoms. The van der Waals surface area contributed by atoms with E-state index >= 15 is 0 Å². The highest BCUT2D eigenvalue weighted by Crippen LogP contribution is 2.12. The van der Waals surface area contributed by atoms with E-state index in [4.69, 9.17) is 0 Å². The maximum atomic E-state index is 12.4. The van der Waals surface area contributed by atoms with E-state index in [1.165, 1.54) is 56.6 Å². The number of rotatable bonds is 0. The Kier molecular flexibility index (Phi) is 4.39. The standard InChI is InChI=1S/C6H10FN.C6H13N/c7-5-3-6-1-2-8(6)4-5;1-2-4-6-7-5-3-1/h5-6H,1-4H2;7H,1-6H2/p+1. The summed E-state index contributed by atoms with van der Waals surface area (Å²) in [4.78, 5) is 1.51. The molecule has 3 saturated heterocycles. The Bertz CT molecular complexity index is 155. The van der Waals surface area contributed by atoms with Gasteiger partial charge in [0.15, 0.2) is 6.17 Å². The van der Waals surface area contributed by atoms with Crippen molar-refractivity contribution in [3.05, 3.63) is 0 Å². The minimum Gasteiger partial charge on any atom is -0.330 e. The van der Waals surface area contributed by atoms with Crippen LogP contribution in [-0.2, 0) is 0 Å². The molecule has 2 N–H and O–H groups in total. The molecule has 3 aliphatic heterocycles. The summed E-state index contributed by atoms with van der Waals surface area (Å²) in [5, 5.41) is 3.35. The van der Waals surface area contributed by atoms with Crippen molar-refractivity contribution in [1.82, 2.24) is 5.32 Å². The second-order valence-corrected chi connectivity index (χ2v) is 5.10. The third kappa shape index (κ3) is 3.42. The SMILES string of the molecule is C1CCCNCC1.FC1CC2CC[NH+]2C1. The minimum absolute atomic E-state index is 0.475. The smallest absolute Gasteiger partial charge is 0.154 e. The van der Waals surface area contributed by atoms with E-state index in [-0.39, 0.29) is 0 Å². The molecule has 3 heteroatoms. The zero-order valence-corrected chi connectivity index (χ0v) is 9.60. The van der Waals surface area contributed by atoms with Crippen molar-refractivity contribution >= 4 is 0 Å². The first-order chi connectivity index (χ1) is 7.36. The van der Waals surface area contributed by atoms with E-state index in [1.807, 2.05) is 0 Å². The van der Waals surface area contributed by atoms with Crippen LogP contribution in [0, 0.1) is 0 Å². The molecule has 15 heavy (non-hydrogen) atoms. The molecule has 2 nitrogen and oxygen atoms in total. The van der Waals surface area contributed by atoms with Gasteiger partial charge in [-0.3, -0.25) is 0 Å². The molecule has 3 unspecified atom stereocenters.